The van der Waals surface area contributed by atoms with Crippen LogP contribution in [0.2, 0.25) is 0 Å². The fourth-order valence-electron chi connectivity index (χ4n) is 4.98. The molecule has 0 radical (unpaired) electrons. The van der Waals surface area contributed by atoms with Gasteiger partial charge in [0, 0.05) is 33.6 Å². The van der Waals surface area contributed by atoms with Gasteiger partial charge in [-0.2, -0.15) is 4.98 Å². The first-order valence-corrected chi connectivity index (χ1v) is 12.3. The van der Waals surface area contributed by atoms with Gasteiger partial charge in [-0.15, -0.1) is 13.2 Å². The summed E-state index contributed by atoms with van der Waals surface area (Å²) >= 11 is 0. The SMILES string of the molecule is CCCc1cc(OC(F)(F)F)cc(-c2nc(-c3ccc4[nH]c5c(c4c3)CCC5CC(=O)OCC)no2)c1. The number of aryl methyl sites for hydroxylation is 2. The van der Waals surface area contributed by atoms with Crippen LogP contribution in [0, 0.1) is 0 Å². The lowest BCUT2D eigenvalue weighted by Gasteiger charge is -2.11. The molecular weight excluding hydrogens is 487 g/mol. The Kier molecular flexibility index (Phi) is 6.66. The number of carbonyl (C=O) groups is 1. The number of aromatic nitrogens is 3. The third kappa shape index (κ3) is 5.33. The molecule has 1 atom stereocenters. The zero-order chi connectivity index (χ0) is 26.2. The van der Waals surface area contributed by atoms with Crippen molar-refractivity contribution in [2.75, 3.05) is 6.61 Å². The molecule has 1 aliphatic rings. The maximum atomic E-state index is 12.8. The Morgan fingerprint density at radius 3 is 2.76 bits per heavy atom. The number of esters is 1. The highest BCUT2D eigenvalue weighted by Crippen LogP contribution is 2.40. The Labute approximate surface area is 211 Å². The van der Waals surface area contributed by atoms with Gasteiger partial charge in [0.1, 0.15) is 5.75 Å². The Hall–Kier alpha value is -3.82. The van der Waals surface area contributed by atoms with Crippen LogP contribution < -0.4 is 4.74 Å². The Bertz CT molecular complexity index is 1440. The number of hydrogen-bond acceptors (Lipinski definition) is 6. The number of nitrogens with zero attached hydrogens (tertiary/aromatic N) is 2. The number of H-pyrrole nitrogens is 1. The Morgan fingerprint density at radius 1 is 1.16 bits per heavy atom. The second kappa shape index (κ2) is 9.91. The van der Waals surface area contributed by atoms with Gasteiger partial charge in [-0.05, 0) is 73.7 Å². The number of halogens is 3. The molecule has 0 aliphatic heterocycles. The van der Waals surface area contributed by atoms with Gasteiger partial charge in [0.25, 0.3) is 5.89 Å². The molecule has 0 amide bonds. The monoisotopic (exact) mass is 513 g/mol. The average Bonchev–Trinajstić information content (AvgIpc) is 3.54. The minimum Gasteiger partial charge on any atom is -0.466 e. The minimum absolute atomic E-state index is 0.0881. The van der Waals surface area contributed by atoms with E-state index < -0.39 is 6.36 Å². The van der Waals surface area contributed by atoms with Crippen LogP contribution in [-0.2, 0) is 22.4 Å². The number of carbonyl (C=O) groups excluding carboxylic acids is 1. The predicted molar refractivity (Wildman–Crippen MR) is 130 cm³/mol. The summed E-state index contributed by atoms with van der Waals surface area (Å²) in [5.74, 6) is -0.00754. The zero-order valence-electron chi connectivity index (χ0n) is 20.4. The lowest BCUT2D eigenvalue weighted by molar-refractivity contribution is -0.274. The van der Waals surface area contributed by atoms with Crippen LogP contribution in [0.25, 0.3) is 33.7 Å². The topological polar surface area (TPSA) is 90.2 Å². The van der Waals surface area contributed by atoms with Gasteiger partial charge in [-0.3, -0.25) is 4.79 Å². The second-order valence-electron chi connectivity index (χ2n) is 9.11. The number of rotatable bonds is 8. The first kappa shape index (κ1) is 24.9. The molecule has 194 valence electrons. The molecule has 0 fully saturated rings. The second-order valence-corrected chi connectivity index (χ2v) is 9.11. The van der Waals surface area contributed by atoms with Crippen molar-refractivity contribution < 1.29 is 32.0 Å². The van der Waals surface area contributed by atoms with Crippen molar-refractivity contribution in [1.82, 2.24) is 15.1 Å². The Balaban J connectivity index is 1.44. The van der Waals surface area contributed by atoms with Gasteiger partial charge in [-0.1, -0.05) is 18.5 Å². The first-order chi connectivity index (χ1) is 17.7. The normalized spacial score (nSPS) is 15.2. The van der Waals surface area contributed by atoms with Crippen LogP contribution >= 0.6 is 0 Å². The number of nitrogens with one attached hydrogen (secondary N) is 1. The number of aromatic amines is 1. The standard InChI is InChI=1S/C27H26F3N3O4/c1-3-5-15-10-18(12-19(11-15)36-27(28,29)30)26-32-25(33-37-26)17-7-9-22-21(13-17)20-8-6-16(24(20)31-22)14-23(34)35-4-2/h7,9-13,16,31H,3-6,8,14H2,1-2H3. The molecule has 37 heavy (non-hydrogen) atoms. The molecule has 1 aliphatic carbocycles. The van der Waals surface area contributed by atoms with Crippen LogP contribution in [0.5, 0.6) is 5.75 Å². The smallest absolute Gasteiger partial charge is 0.466 e. The summed E-state index contributed by atoms with van der Waals surface area (Å²) in [6.45, 7) is 4.10. The van der Waals surface area contributed by atoms with Gasteiger partial charge < -0.3 is 19.0 Å². The van der Waals surface area contributed by atoms with Crippen molar-refractivity contribution in [2.45, 2.75) is 58.2 Å². The lowest BCUT2D eigenvalue weighted by Crippen LogP contribution is -2.17. The van der Waals surface area contributed by atoms with E-state index >= 15 is 0 Å². The van der Waals surface area contributed by atoms with E-state index in [1.807, 2.05) is 25.1 Å². The maximum Gasteiger partial charge on any atom is 0.573 e. The quantitative estimate of drug-likeness (QED) is 0.263. The number of hydrogen-bond donors (Lipinski definition) is 1. The molecule has 4 aromatic rings. The molecule has 2 heterocycles. The lowest BCUT2D eigenvalue weighted by atomic mass is 10.0. The van der Waals surface area contributed by atoms with Crippen molar-refractivity contribution in [3.63, 3.8) is 0 Å². The molecule has 10 heteroatoms. The van der Waals surface area contributed by atoms with Crippen molar-refractivity contribution in [1.29, 1.82) is 0 Å². The van der Waals surface area contributed by atoms with Gasteiger partial charge in [0.2, 0.25) is 5.82 Å². The summed E-state index contributed by atoms with van der Waals surface area (Å²) < 4.78 is 53.2. The van der Waals surface area contributed by atoms with Gasteiger partial charge in [0.05, 0.1) is 13.0 Å². The number of fused-ring (bicyclic) bond motifs is 3. The number of alkyl halides is 3. The van der Waals surface area contributed by atoms with Gasteiger partial charge in [0.15, 0.2) is 0 Å². The molecule has 1 unspecified atom stereocenters. The molecule has 0 bridgehead atoms. The molecule has 1 N–H and O–H groups in total. The fourth-order valence-corrected chi connectivity index (χ4v) is 4.98. The van der Waals surface area contributed by atoms with E-state index in [0.717, 1.165) is 47.0 Å². The van der Waals surface area contributed by atoms with Crippen LogP contribution in [-0.4, -0.2) is 34.1 Å². The van der Waals surface area contributed by atoms with Gasteiger partial charge in [-0.25, -0.2) is 0 Å². The van der Waals surface area contributed by atoms with Crippen molar-refractivity contribution >= 4 is 16.9 Å². The fraction of sp³-hybridized carbons (Fsp3) is 0.370. The summed E-state index contributed by atoms with van der Waals surface area (Å²) in [6, 6.07) is 10.1. The van der Waals surface area contributed by atoms with Crippen molar-refractivity contribution in [3.05, 3.63) is 53.2 Å². The zero-order valence-corrected chi connectivity index (χ0v) is 20.4. The highest BCUT2D eigenvalue weighted by Gasteiger charge is 2.32. The summed E-state index contributed by atoms with van der Waals surface area (Å²) in [5, 5.41) is 5.11. The van der Waals surface area contributed by atoms with E-state index in [-0.39, 0.29) is 23.5 Å². The molecule has 5 rings (SSSR count). The summed E-state index contributed by atoms with van der Waals surface area (Å²) in [5.41, 5.74) is 4.92. The molecule has 2 aromatic heterocycles. The van der Waals surface area contributed by atoms with E-state index in [4.69, 9.17) is 9.26 Å². The van der Waals surface area contributed by atoms with Crippen LogP contribution in [0.1, 0.15) is 55.8 Å². The minimum atomic E-state index is -4.80. The summed E-state index contributed by atoms with van der Waals surface area (Å²) in [7, 11) is 0. The molecule has 7 nitrogen and oxygen atoms in total. The Morgan fingerprint density at radius 2 is 2.00 bits per heavy atom. The largest absolute Gasteiger partial charge is 0.573 e. The average molecular weight is 514 g/mol. The summed E-state index contributed by atoms with van der Waals surface area (Å²) in [6.07, 6.45) is -1.42. The van der Waals surface area contributed by atoms with Crippen LogP contribution in [0.4, 0.5) is 13.2 Å². The van der Waals surface area contributed by atoms with Crippen LogP contribution in [0.15, 0.2) is 40.9 Å². The molecule has 0 saturated carbocycles. The van der Waals surface area contributed by atoms with Gasteiger partial charge >= 0.3 is 12.3 Å². The molecule has 2 aromatic carbocycles. The molecule has 0 spiro atoms. The molecular formula is C27H26F3N3O4. The first-order valence-electron chi connectivity index (χ1n) is 12.3. The number of benzene rings is 2. The van der Waals surface area contributed by atoms with E-state index in [9.17, 15) is 18.0 Å². The van der Waals surface area contributed by atoms with Crippen molar-refractivity contribution in [3.8, 4) is 28.6 Å². The van der Waals surface area contributed by atoms with E-state index in [1.165, 1.54) is 12.1 Å². The third-order valence-corrected chi connectivity index (χ3v) is 6.48. The predicted octanol–water partition coefficient (Wildman–Crippen LogP) is 6.72. The maximum absolute atomic E-state index is 12.8. The number of ether oxygens (including phenoxy) is 2. The summed E-state index contributed by atoms with van der Waals surface area (Å²) in [4.78, 5) is 19.9. The van der Waals surface area contributed by atoms with Crippen LogP contribution in [0.3, 0.4) is 0 Å². The molecule has 0 saturated heterocycles. The van der Waals surface area contributed by atoms with E-state index in [1.54, 1.807) is 13.0 Å². The third-order valence-electron chi connectivity index (χ3n) is 6.48. The highest BCUT2D eigenvalue weighted by atomic mass is 19.4. The van der Waals surface area contributed by atoms with E-state index in [2.05, 4.69) is 19.9 Å². The van der Waals surface area contributed by atoms with E-state index in [0.29, 0.717) is 36.4 Å². The van der Waals surface area contributed by atoms with Crippen molar-refractivity contribution in [2.24, 2.45) is 0 Å². The highest BCUT2D eigenvalue weighted by molar-refractivity contribution is 5.89.